The van der Waals surface area contributed by atoms with Gasteiger partial charge in [-0.05, 0) is 5.92 Å². The number of carbonyl (C=O) groups is 2. The van der Waals surface area contributed by atoms with Crippen LogP contribution in [0.3, 0.4) is 0 Å². The number of amides is 1. The molecule has 2 saturated heterocycles. The molecule has 0 aliphatic carbocycles. The van der Waals surface area contributed by atoms with Crippen LogP contribution in [-0.4, -0.2) is 45.4 Å². The molecule has 2 fully saturated rings. The van der Waals surface area contributed by atoms with Crippen LogP contribution in [0.4, 0.5) is 0 Å². The Kier molecular flexibility index (Phi) is 4.57. The molecule has 0 aromatic heterocycles. The minimum Gasteiger partial charge on any atom is -0.481 e. The minimum absolute atomic E-state index is 0.0390. The van der Waals surface area contributed by atoms with Crippen LogP contribution in [0.25, 0.3) is 0 Å². The smallest absolute Gasteiger partial charge is 0.310 e. The summed E-state index contributed by atoms with van der Waals surface area (Å²) in [6, 6.07) is 0. The largest absolute Gasteiger partial charge is 0.481 e. The second kappa shape index (κ2) is 5.69. The Morgan fingerprint density at radius 2 is 1.74 bits per heavy atom. The lowest BCUT2D eigenvalue weighted by atomic mass is 9.78. The van der Waals surface area contributed by atoms with Crippen molar-refractivity contribution in [3.8, 4) is 0 Å². The van der Waals surface area contributed by atoms with Gasteiger partial charge in [0.05, 0.1) is 33.7 Å². The SMILES string of the molecule is CC(C)CNC(=O)[C@H]1[C@H]2O[C@@H]([C@H](Br)[C@@H]2Br)[C@H]1C(=O)O. The van der Waals surface area contributed by atoms with Gasteiger partial charge < -0.3 is 15.2 Å². The number of ether oxygens (including phenoxy) is 1. The molecule has 2 rings (SSSR count). The quantitative estimate of drug-likeness (QED) is 0.701. The lowest BCUT2D eigenvalue weighted by Gasteiger charge is -2.30. The van der Waals surface area contributed by atoms with Gasteiger partial charge in [0.25, 0.3) is 0 Å². The molecule has 0 saturated carbocycles. The molecule has 5 nitrogen and oxygen atoms in total. The van der Waals surface area contributed by atoms with Gasteiger partial charge in [-0.1, -0.05) is 45.7 Å². The maximum absolute atomic E-state index is 12.2. The van der Waals surface area contributed by atoms with Crippen molar-refractivity contribution in [2.45, 2.75) is 35.7 Å². The number of halogens is 2. The molecule has 1 amide bonds. The van der Waals surface area contributed by atoms with Crippen LogP contribution in [-0.2, 0) is 14.3 Å². The van der Waals surface area contributed by atoms with Crippen LogP contribution in [0.15, 0.2) is 0 Å². The van der Waals surface area contributed by atoms with E-state index in [0.717, 1.165) is 0 Å². The highest BCUT2D eigenvalue weighted by molar-refractivity contribution is 9.12. The summed E-state index contributed by atoms with van der Waals surface area (Å²) in [6.45, 7) is 4.53. The zero-order chi connectivity index (χ0) is 14.3. The van der Waals surface area contributed by atoms with Gasteiger partial charge in [0, 0.05) is 6.54 Å². The van der Waals surface area contributed by atoms with E-state index in [1.165, 1.54) is 0 Å². The first-order chi connectivity index (χ1) is 8.84. The molecule has 19 heavy (non-hydrogen) atoms. The fourth-order valence-electron chi connectivity index (χ4n) is 2.70. The van der Waals surface area contributed by atoms with Crippen LogP contribution in [0.1, 0.15) is 13.8 Å². The summed E-state index contributed by atoms with van der Waals surface area (Å²) in [5, 5.41) is 12.2. The molecular weight excluding hydrogens is 382 g/mol. The Hall–Kier alpha value is -0.140. The Labute approximate surface area is 128 Å². The highest BCUT2D eigenvalue weighted by atomic mass is 79.9. The van der Waals surface area contributed by atoms with E-state index in [2.05, 4.69) is 37.2 Å². The topological polar surface area (TPSA) is 75.6 Å². The second-order valence-electron chi connectivity index (χ2n) is 5.48. The van der Waals surface area contributed by atoms with Crippen molar-refractivity contribution >= 4 is 43.7 Å². The normalized spacial score (nSPS) is 40.7. The number of hydrogen-bond acceptors (Lipinski definition) is 3. The first kappa shape index (κ1) is 15.3. The first-order valence-corrected chi connectivity index (χ1v) is 8.11. The van der Waals surface area contributed by atoms with Gasteiger partial charge in [-0.25, -0.2) is 0 Å². The first-order valence-electron chi connectivity index (χ1n) is 6.28. The van der Waals surface area contributed by atoms with E-state index in [4.69, 9.17) is 4.74 Å². The van der Waals surface area contributed by atoms with Crippen molar-refractivity contribution < 1.29 is 19.4 Å². The predicted molar refractivity (Wildman–Crippen MR) is 76.6 cm³/mol. The van der Waals surface area contributed by atoms with Crippen molar-refractivity contribution in [1.82, 2.24) is 5.32 Å². The van der Waals surface area contributed by atoms with Gasteiger partial charge in [-0.3, -0.25) is 9.59 Å². The zero-order valence-electron chi connectivity index (χ0n) is 10.7. The van der Waals surface area contributed by atoms with Gasteiger partial charge in [0.15, 0.2) is 0 Å². The molecule has 2 heterocycles. The molecule has 0 aromatic rings. The van der Waals surface area contributed by atoms with Gasteiger partial charge >= 0.3 is 5.97 Å². The molecule has 2 aliphatic rings. The van der Waals surface area contributed by atoms with E-state index in [1.54, 1.807) is 0 Å². The van der Waals surface area contributed by atoms with Crippen molar-refractivity contribution in [1.29, 1.82) is 0 Å². The number of carboxylic acid groups (broad SMARTS) is 1. The fraction of sp³-hybridized carbons (Fsp3) is 0.833. The molecule has 2 bridgehead atoms. The van der Waals surface area contributed by atoms with Gasteiger partial charge in [0.2, 0.25) is 5.91 Å². The molecule has 6 atom stereocenters. The van der Waals surface area contributed by atoms with Crippen molar-refractivity contribution in [3.63, 3.8) is 0 Å². The van der Waals surface area contributed by atoms with Crippen LogP contribution in [0, 0.1) is 17.8 Å². The van der Waals surface area contributed by atoms with E-state index >= 15 is 0 Å². The van der Waals surface area contributed by atoms with E-state index in [1.807, 2.05) is 13.8 Å². The number of carbonyl (C=O) groups excluding carboxylic acids is 1. The molecule has 2 aliphatic heterocycles. The Balaban J connectivity index is 2.14. The van der Waals surface area contributed by atoms with Gasteiger partial charge in [-0.2, -0.15) is 0 Å². The minimum atomic E-state index is -0.971. The Morgan fingerprint density at radius 3 is 2.21 bits per heavy atom. The maximum atomic E-state index is 12.2. The summed E-state index contributed by atoms with van der Waals surface area (Å²) < 4.78 is 5.68. The number of aliphatic carboxylic acids is 1. The third-order valence-electron chi connectivity index (χ3n) is 3.61. The summed E-state index contributed by atoms with van der Waals surface area (Å²) in [7, 11) is 0. The number of hydrogen-bond donors (Lipinski definition) is 2. The second-order valence-corrected chi connectivity index (χ2v) is 7.60. The summed E-state index contributed by atoms with van der Waals surface area (Å²) in [6.07, 6.45) is -0.843. The molecule has 108 valence electrons. The summed E-state index contributed by atoms with van der Waals surface area (Å²) >= 11 is 6.92. The predicted octanol–water partition coefficient (Wildman–Crippen LogP) is 1.38. The van der Waals surface area contributed by atoms with E-state index in [9.17, 15) is 14.7 Å². The number of alkyl halides is 2. The molecule has 7 heteroatoms. The van der Waals surface area contributed by atoms with Gasteiger partial charge in [0.1, 0.15) is 0 Å². The maximum Gasteiger partial charge on any atom is 0.310 e. The van der Waals surface area contributed by atoms with Crippen molar-refractivity contribution in [2.24, 2.45) is 17.8 Å². The van der Waals surface area contributed by atoms with E-state index < -0.39 is 23.9 Å². The number of nitrogens with one attached hydrogen (secondary N) is 1. The Morgan fingerprint density at radius 1 is 1.21 bits per heavy atom. The standard InChI is InChI=1S/C12H17Br2NO4/c1-4(2)3-15-11(16)5-6(12(17)18)10-8(14)7(13)9(5)19-10/h4-10H,3H2,1-2H3,(H,15,16)(H,17,18)/t5-,6+,7+,8-,9-,10-/m1/s1. The highest BCUT2D eigenvalue weighted by Crippen LogP contribution is 2.49. The van der Waals surface area contributed by atoms with Crippen molar-refractivity contribution in [3.05, 3.63) is 0 Å². The molecule has 0 aromatic carbocycles. The van der Waals surface area contributed by atoms with E-state index in [0.29, 0.717) is 12.5 Å². The number of rotatable bonds is 4. The molecule has 2 N–H and O–H groups in total. The number of carboxylic acids is 1. The van der Waals surface area contributed by atoms with Crippen LogP contribution in [0.5, 0.6) is 0 Å². The lowest BCUT2D eigenvalue weighted by Crippen LogP contribution is -2.51. The summed E-state index contributed by atoms with van der Waals surface area (Å²) in [5.41, 5.74) is 0. The number of fused-ring (bicyclic) bond motifs is 2. The molecular formula is C12H17Br2NO4. The van der Waals surface area contributed by atoms with E-state index in [-0.39, 0.29) is 21.7 Å². The average molecular weight is 399 g/mol. The zero-order valence-corrected chi connectivity index (χ0v) is 13.8. The Bertz CT molecular complexity index is 390. The third kappa shape index (κ3) is 2.69. The monoisotopic (exact) mass is 397 g/mol. The highest BCUT2D eigenvalue weighted by Gasteiger charge is 2.63. The summed E-state index contributed by atoms with van der Waals surface area (Å²) in [5.74, 6) is -2.27. The van der Waals surface area contributed by atoms with Gasteiger partial charge in [-0.15, -0.1) is 0 Å². The van der Waals surface area contributed by atoms with Crippen molar-refractivity contribution in [2.75, 3.05) is 6.54 Å². The van der Waals surface area contributed by atoms with Crippen LogP contribution >= 0.6 is 31.9 Å². The summed E-state index contributed by atoms with van der Waals surface area (Å²) in [4.78, 5) is 23.5. The molecule has 0 unspecified atom stereocenters. The molecule has 0 spiro atoms. The molecule has 0 radical (unpaired) electrons. The van der Waals surface area contributed by atoms with Crippen LogP contribution < -0.4 is 5.32 Å². The lowest BCUT2D eigenvalue weighted by molar-refractivity contribution is -0.147. The third-order valence-corrected chi connectivity index (χ3v) is 6.50. The van der Waals surface area contributed by atoms with Crippen LogP contribution in [0.2, 0.25) is 0 Å². The average Bonchev–Trinajstić information content (AvgIpc) is 2.84. The fourth-order valence-corrected chi connectivity index (χ4v) is 4.21.